The summed E-state index contributed by atoms with van der Waals surface area (Å²) in [5.74, 6) is 2.58. The summed E-state index contributed by atoms with van der Waals surface area (Å²) in [5.41, 5.74) is 16.8. The van der Waals surface area contributed by atoms with Crippen molar-refractivity contribution in [2.45, 2.75) is 12.8 Å². The maximum Gasteiger partial charge on any atom is 0.227 e. The Morgan fingerprint density at radius 3 is 1.51 bits per heavy atom. The predicted molar refractivity (Wildman–Crippen MR) is 319 cm³/mol. The van der Waals surface area contributed by atoms with E-state index in [1.54, 1.807) is 26.6 Å². The van der Waals surface area contributed by atoms with Crippen LogP contribution in [0.4, 0.5) is 46.0 Å². The molecule has 4 aromatic heterocycles. The highest BCUT2D eigenvalue weighted by Crippen LogP contribution is 2.40. The fourth-order valence-electron chi connectivity index (χ4n) is 8.22. The van der Waals surface area contributed by atoms with Crippen LogP contribution in [0, 0.1) is 0 Å². The van der Waals surface area contributed by atoms with E-state index >= 15 is 0 Å². The molecule has 0 aliphatic rings. The summed E-state index contributed by atoms with van der Waals surface area (Å²) in [6, 6.07) is 27.9. The third-order valence-electron chi connectivity index (χ3n) is 12.3. The van der Waals surface area contributed by atoms with Crippen LogP contribution in [-0.2, 0) is 23.7 Å². The number of benzene rings is 4. The molecule has 0 fully saturated rings. The van der Waals surface area contributed by atoms with Crippen LogP contribution in [-0.4, -0.2) is 144 Å². The lowest BCUT2D eigenvalue weighted by atomic mass is 10.1. The third kappa shape index (κ3) is 15.9. The lowest BCUT2D eigenvalue weighted by molar-refractivity contribution is -0.116. The minimum absolute atomic E-state index is 0.160. The molecule has 4 heterocycles. The van der Waals surface area contributed by atoms with E-state index in [0.29, 0.717) is 46.3 Å². The quantitative estimate of drug-likeness (QED) is 0.0302. The summed E-state index contributed by atoms with van der Waals surface area (Å²) >= 11 is 15.8. The van der Waals surface area contributed by atoms with Gasteiger partial charge in [0.1, 0.15) is 11.5 Å². The van der Waals surface area contributed by atoms with Gasteiger partial charge < -0.3 is 59.9 Å². The summed E-state index contributed by atoms with van der Waals surface area (Å²) in [6.45, 7) is 3.39. The number of methoxy groups -OCH3 is 2. The molecule has 77 heavy (non-hydrogen) atoms. The van der Waals surface area contributed by atoms with Gasteiger partial charge in [-0.2, -0.15) is 0 Å². The zero-order chi connectivity index (χ0) is 55.8. The molecule has 0 aliphatic carbocycles. The lowest BCUT2D eigenvalue weighted by Gasteiger charge is -2.26. The van der Waals surface area contributed by atoms with Crippen LogP contribution < -0.4 is 41.0 Å². The van der Waals surface area contributed by atoms with Crippen molar-refractivity contribution < 1.29 is 19.1 Å². The molecule has 0 unspecified atom stereocenters. The molecule has 0 atom stereocenters. The van der Waals surface area contributed by atoms with Crippen molar-refractivity contribution in [1.29, 1.82) is 0 Å². The van der Waals surface area contributed by atoms with E-state index < -0.39 is 0 Å². The van der Waals surface area contributed by atoms with Crippen molar-refractivity contribution >= 4 is 114 Å². The van der Waals surface area contributed by atoms with Crippen molar-refractivity contribution in [1.82, 2.24) is 38.9 Å². The van der Waals surface area contributed by atoms with Crippen molar-refractivity contribution in [3.05, 3.63) is 110 Å². The Balaban J connectivity index is 0.000000227. The van der Waals surface area contributed by atoms with Crippen LogP contribution in [0.3, 0.4) is 0 Å². The summed E-state index contributed by atoms with van der Waals surface area (Å²) < 4.78 is 15.6. The standard InChI is InChI=1S/C28H34ClN7O2.C25H31N7O.C3H4Cl2O/c1-34(2)14-15-35(3)25-17-26(38-5)23(16-22(25)31-27(37)10-12-29)33-28-30-13-11-21(32-28)20-18-36(4)24-9-7-6-8-19(20)24;1-30(2)12-13-31(3)23-15-24(33-5)21(14-19(23)26)29-25-27-11-10-20(28-25)18-16-32(4)22-9-7-6-8-17(18)22;4-2-1-3(5)6/h6-9,11,13,16-18H,10,12,14-15H2,1-5H3,(H,31,37)(H,30,32,33);6-11,14-16H,12-13,26H2,1-5H3,(H,27,28,29);1-2H2. The molecule has 0 saturated carbocycles. The van der Waals surface area contributed by atoms with Gasteiger partial charge in [0.05, 0.1) is 59.7 Å². The zero-order valence-electron chi connectivity index (χ0n) is 45.4. The van der Waals surface area contributed by atoms with Gasteiger partial charge in [0.25, 0.3) is 0 Å². The molecule has 0 bridgehead atoms. The number of nitrogens with two attached hydrogens (primary N) is 1. The number of halogens is 3. The van der Waals surface area contributed by atoms with Gasteiger partial charge in [0.2, 0.25) is 23.0 Å². The van der Waals surface area contributed by atoms with Gasteiger partial charge in [-0.15, -0.1) is 23.2 Å². The molecule has 18 nitrogen and oxygen atoms in total. The number of aromatic nitrogens is 6. The Kier molecular flexibility index (Phi) is 21.5. The molecule has 21 heteroatoms. The van der Waals surface area contributed by atoms with E-state index in [4.69, 9.17) is 60.0 Å². The summed E-state index contributed by atoms with van der Waals surface area (Å²) in [5, 5.41) is 11.5. The third-order valence-corrected chi connectivity index (χ3v) is 12.9. The molecule has 8 aromatic rings. The number of carbonyl (C=O) groups excluding carboxylic acids is 2. The number of para-hydroxylation sites is 2. The number of ether oxygens (including phenoxy) is 2. The largest absolute Gasteiger partial charge is 0.494 e. The molecule has 0 saturated heterocycles. The van der Waals surface area contributed by atoms with Crippen LogP contribution in [0.5, 0.6) is 11.5 Å². The highest BCUT2D eigenvalue weighted by molar-refractivity contribution is 6.63. The van der Waals surface area contributed by atoms with Crippen molar-refractivity contribution in [3.63, 3.8) is 0 Å². The number of alkyl halides is 2. The summed E-state index contributed by atoms with van der Waals surface area (Å²) in [6.07, 6.45) is 8.13. The first-order valence-corrected chi connectivity index (χ1v) is 26.2. The number of aryl methyl sites for hydroxylation is 2. The van der Waals surface area contributed by atoms with E-state index in [1.165, 1.54) is 0 Å². The van der Waals surface area contributed by atoms with E-state index in [1.807, 2.05) is 103 Å². The first-order chi connectivity index (χ1) is 36.9. The number of carbonyl (C=O) groups is 2. The van der Waals surface area contributed by atoms with Crippen LogP contribution >= 0.6 is 34.8 Å². The average molecular weight is 1110 g/mol. The minimum atomic E-state index is -0.370. The summed E-state index contributed by atoms with van der Waals surface area (Å²) in [7, 11) is 19.5. The first kappa shape index (κ1) is 58.9. The molecule has 0 aliphatic heterocycles. The predicted octanol–water partition coefficient (Wildman–Crippen LogP) is 10.3. The second kappa shape index (κ2) is 28.1. The molecule has 1 amide bonds. The van der Waals surface area contributed by atoms with Crippen LogP contribution in [0.15, 0.2) is 110 Å². The molecule has 0 radical (unpaired) electrons. The Hall–Kier alpha value is -7.35. The second-order valence-corrected chi connectivity index (χ2v) is 19.7. The maximum absolute atomic E-state index is 12.5. The molecule has 8 rings (SSSR count). The van der Waals surface area contributed by atoms with Crippen molar-refractivity contribution in [2.75, 3.05) is 126 Å². The van der Waals surface area contributed by atoms with Gasteiger partial charge in [-0.25, -0.2) is 19.9 Å². The number of nitrogens with one attached hydrogen (secondary N) is 3. The SMILES string of the molecule is COc1cc(N(C)CCN(C)C)c(N)cc1Nc1nccc(-c2cn(C)c3ccccc23)n1.COc1cc(N(C)CCN(C)C)c(NC(=O)CCCl)cc1Nc1nccc(-c2cn(C)c3ccccc23)n1.O=C(Cl)CCCl. The van der Waals surface area contributed by atoms with Crippen molar-refractivity contribution in [3.8, 4) is 34.0 Å². The number of rotatable bonds is 21. The highest BCUT2D eigenvalue weighted by Gasteiger charge is 2.19. The zero-order valence-corrected chi connectivity index (χ0v) is 47.6. The van der Waals surface area contributed by atoms with Crippen LogP contribution in [0.25, 0.3) is 44.3 Å². The maximum atomic E-state index is 12.5. The molecule has 4 aromatic carbocycles. The molecule has 0 spiro atoms. The number of fused-ring (bicyclic) bond motifs is 2. The number of nitrogen functional groups attached to an aromatic ring is 1. The van der Waals surface area contributed by atoms with Gasteiger partial charge in [0.15, 0.2) is 0 Å². The fraction of sp³-hybridized carbons (Fsp3) is 0.321. The van der Waals surface area contributed by atoms with Gasteiger partial charge in [-0.05, 0) is 76.2 Å². The smallest absolute Gasteiger partial charge is 0.227 e. The Morgan fingerprint density at radius 2 is 1.06 bits per heavy atom. The van der Waals surface area contributed by atoms with E-state index in [0.717, 1.165) is 87.6 Å². The molecule has 408 valence electrons. The number of hydrogen-bond donors (Lipinski definition) is 4. The lowest BCUT2D eigenvalue weighted by Crippen LogP contribution is -2.29. The number of nitrogens with zero attached hydrogens (tertiary/aromatic N) is 10. The topological polar surface area (TPSA) is 189 Å². The number of amides is 1. The number of likely N-dealkylation sites (N-methyl/N-ethyl adjacent to an activating group) is 4. The van der Waals surface area contributed by atoms with Crippen LogP contribution in [0.2, 0.25) is 0 Å². The van der Waals surface area contributed by atoms with Gasteiger partial charge in [-0.3, -0.25) is 9.59 Å². The van der Waals surface area contributed by atoms with E-state index in [2.05, 4.69) is 105 Å². The number of anilines is 8. The molecular formula is C56H69Cl3N14O4. The van der Waals surface area contributed by atoms with Gasteiger partial charge >= 0.3 is 0 Å². The fourth-order valence-corrected chi connectivity index (χ4v) is 8.75. The van der Waals surface area contributed by atoms with Crippen LogP contribution in [0.1, 0.15) is 12.8 Å². The summed E-state index contributed by atoms with van der Waals surface area (Å²) in [4.78, 5) is 49.1. The first-order valence-electron chi connectivity index (χ1n) is 24.7. The van der Waals surface area contributed by atoms with E-state index in [9.17, 15) is 9.59 Å². The average Bonchev–Trinajstić information content (AvgIpc) is 3.93. The number of hydrogen-bond acceptors (Lipinski definition) is 15. The Morgan fingerprint density at radius 1 is 0.610 bits per heavy atom. The Bertz CT molecular complexity index is 3260. The van der Waals surface area contributed by atoms with Gasteiger partial charge in [0, 0.05) is 149 Å². The Labute approximate surface area is 466 Å². The van der Waals surface area contributed by atoms with E-state index in [-0.39, 0.29) is 29.9 Å². The van der Waals surface area contributed by atoms with Gasteiger partial charge in [-0.1, -0.05) is 36.4 Å². The molecule has 5 N–H and O–H groups in total. The second-order valence-electron chi connectivity index (χ2n) is 18.5. The highest BCUT2D eigenvalue weighted by atomic mass is 35.5. The normalized spacial score (nSPS) is 10.9. The molecular weight excluding hydrogens is 1040 g/mol. The van der Waals surface area contributed by atoms with Crippen molar-refractivity contribution in [2.24, 2.45) is 14.1 Å². The monoisotopic (exact) mass is 1110 g/mol. The minimum Gasteiger partial charge on any atom is -0.494 e.